The van der Waals surface area contributed by atoms with Crippen LogP contribution in [0, 0.1) is 17.8 Å². The van der Waals surface area contributed by atoms with E-state index in [4.69, 9.17) is 4.74 Å². The molecule has 1 N–H and O–H groups in total. The molecule has 9 heteroatoms. The van der Waals surface area contributed by atoms with Crippen molar-refractivity contribution in [1.82, 2.24) is 14.7 Å². The second-order valence-electron chi connectivity index (χ2n) is 11.9. The lowest BCUT2D eigenvalue weighted by Crippen LogP contribution is -2.60. The van der Waals surface area contributed by atoms with Gasteiger partial charge in [0.2, 0.25) is 17.7 Å². The normalized spacial score (nSPS) is 30.8. The summed E-state index contributed by atoms with van der Waals surface area (Å²) in [5, 5.41) is 10.5. The lowest BCUT2D eigenvalue weighted by atomic mass is 9.70. The molecule has 2 bridgehead atoms. The zero-order valence-electron chi connectivity index (χ0n) is 24.4. The summed E-state index contributed by atoms with van der Waals surface area (Å²) in [4.78, 5) is 48.0. The minimum atomic E-state index is -1.14. The van der Waals surface area contributed by atoms with E-state index in [1.54, 1.807) is 26.9 Å². The Bertz CT molecular complexity index is 928. The lowest BCUT2D eigenvalue weighted by molar-refractivity contribution is -0.153. The number of carbonyl (C=O) groups is 3. The third-order valence-electron chi connectivity index (χ3n) is 8.60. The number of halogens is 1. The Morgan fingerprint density at radius 3 is 2.38 bits per heavy atom. The Kier molecular flexibility index (Phi) is 10.9. The highest BCUT2D eigenvalue weighted by atomic mass is 79.9. The average molecular weight is 611 g/mol. The van der Waals surface area contributed by atoms with Crippen molar-refractivity contribution in [3.8, 4) is 0 Å². The van der Waals surface area contributed by atoms with E-state index in [9.17, 15) is 19.5 Å². The molecule has 0 aromatic carbocycles. The highest BCUT2D eigenvalue weighted by molar-refractivity contribution is 9.09. The van der Waals surface area contributed by atoms with Crippen molar-refractivity contribution >= 4 is 33.7 Å². The summed E-state index contributed by atoms with van der Waals surface area (Å²) in [5.41, 5.74) is -1.14. The Morgan fingerprint density at radius 2 is 1.85 bits per heavy atom. The first kappa shape index (κ1) is 31.8. The van der Waals surface area contributed by atoms with Crippen molar-refractivity contribution in [1.29, 1.82) is 0 Å². The van der Waals surface area contributed by atoms with Crippen LogP contribution < -0.4 is 0 Å². The van der Waals surface area contributed by atoms with Gasteiger partial charge in [0.15, 0.2) is 0 Å². The van der Waals surface area contributed by atoms with E-state index in [2.05, 4.69) is 36.0 Å². The molecule has 1 spiro atoms. The molecule has 0 saturated carbocycles. The van der Waals surface area contributed by atoms with Gasteiger partial charge in [-0.3, -0.25) is 14.4 Å². The van der Waals surface area contributed by atoms with Gasteiger partial charge < -0.3 is 24.5 Å². The maximum atomic E-state index is 14.6. The van der Waals surface area contributed by atoms with Crippen LogP contribution in [0.3, 0.4) is 0 Å². The Morgan fingerprint density at radius 1 is 1.18 bits per heavy atom. The number of fused-ring (bicyclic) bond motifs is 1. The predicted octanol–water partition coefficient (Wildman–Crippen LogP) is 3.77. The molecule has 0 aromatic heterocycles. The van der Waals surface area contributed by atoms with Gasteiger partial charge in [0.1, 0.15) is 11.6 Å². The van der Waals surface area contributed by atoms with Crippen molar-refractivity contribution < 1.29 is 24.2 Å². The summed E-state index contributed by atoms with van der Waals surface area (Å²) in [6.07, 6.45) is 6.39. The number of hydrogen-bond acceptors (Lipinski definition) is 5. The number of ether oxygens (including phenoxy) is 1. The average Bonchev–Trinajstić information content (AvgIpc) is 3.48. The van der Waals surface area contributed by atoms with Crippen LogP contribution in [0.2, 0.25) is 0 Å². The van der Waals surface area contributed by atoms with Crippen molar-refractivity contribution in [3.05, 3.63) is 25.3 Å². The van der Waals surface area contributed by atoms with E-state index in [-0.39, 0.29) is 41.1 Å². The molecule has 3 fully saturated rings. The summed E-state index contributed by atoms with van der Waals surface area (Å²) in [6, 6.07) is -1.54. The summed E-state index contributed by atoms with van der Waals surface area (Å²) >= 11 is 3.76. The van der Waals surface area contributed by atoms with E-state index in [0.717, 1.165) is 19.3 Å². The molecule has 8 atom stereocenters. The minimum Gasteiger partial charge on any atom is -0.394 e. The quantitative estimate of drug-likeness (QED) is 0.225. The number of likely N-dealkylation sites (tertiary alicyclic amines) is 1. The van der Waals surface area contributed by atoms with Crippen molar-refractivity contribution in [2.45, 2.75) is 101 Å². The fourth-order valence-corrected chi connectivity index (χ4v) is 8.07. The van der Waals surface area contributed by atoms with Crippen LogP contribution in [0.25, 0.3) is 0 Å². The Labute approximate surface area is 242 Å². The second-order valence-corrected chi connectivity index (χ2v) is 13.0. The lowest BCUT2D eigenvalue weighted by Gasteiger charge is -2.41. The molecule has 8 nitrogen and oxygen atoms in total. The van der Waals surface area contributed by atoms with E-state index >= 15 is 0 Å². The third kappa shape index (κ3) is 5.73. The van der Waals surface area contributed by atoms with E-state index in [0.29, 0.717) is 32.5 Å². The summed E-state index contributed by atoms with van der Waals surface area (Å²) in [6.45, 7) is 18.9. The number of aliphatic hydroxyl groups is 1. The molecular weight excluding hydrogens is 562 g/mol. The number of nitrogens with zero attached hydrogens (tertiary/aromatic N) is 3. The molecule has 220 valence electrons. The molecule has 3 aliphatic rings. The zero-order chi connectivity index (χ0) is 29.1. The van der Waals surface area contributed by atoms with Gasteiger partial charge in [0.05, 0.1) is 30.6 Å². The smallest absolute Gasteiger partial charge is 0.248 e. The van der Waals surface area contributed by atoms with Gasteiger partial charge in [-0.05, 0) is 38.5 Å². The third-order valence-corrected chi connectivity index (χ3v) is 9.44. The number of aliphatic hydroxyl groups excluding tert-OH is 1. The summed E-state index contributed by atoms with van der Waals surface area (Å²) in [7, 11) is 0. The van der Waals surface area contributed by atoms with Crippen molar-refractivity contribution in [3.63, 3.8) is 0 Å². The maximum absolute atomic E-state index is 14.6. The van der Waals surface area contributed by atoms with Gasteiger partial charge in [-0.2, -0.15) is 0 Å². The van der Waals surface area contributed by atoms with Gasteiger partial charge in [-0.15, -0.1) is 13.2 Å². The fourth-order valence-electron chi connectivity index (χ4n) is 7.13. The number of hydrogen-bond donors (Lipinski definition) is 1. The highest BCUT2D eigenvalue weighted by Gasteiger charge is 2.77. The topological polar surface area (TPSA) is 90.4 Å². The first-order valence-electron chi connectivity index (χ1n) is 14.6. The molecule has 0 aromatic rings. The van der Waals surface area contributed by atoms with E-state index in [1.807, 2.05) is 27.7 Å². The first-order valence-corrected chi connectivity index (χ1v) is 15.5. The van der Waals surface area contributed by atoms with E-state index < -0.39 is 35.6 Å². The number of amides is 3. The van der Waals surface area contributed by atoms with Crippen LogP contribution in [0.1, 0.15) is 66.7 Å². The largest absolute Gasteiger partial charge is 0.394 e. The minimum absolute atomic E-state index is 0.0611. The van der Waals surface area contributed by atoms with Gasteiger partial charge in [-0.25, -0.2) is 0 Å². The molecule has 4 unspecified atom stereocenters. The van der Waals surface area contributed by atoms with Crippen LogP contribution >= 0.6 is 15.9 Å². The van der Waals surface area contributed by atoms with Crippen molar-refractivity contribution in [2.75, 3.05) is 26.2 Å². The first-order chi connectivity index (χ1) is 18.5. The van der Waals surface area contributed by atoms with Crippen LogP contribution in [0.4, 0.5) is 0 Å². The molecular formula is C30H48BrN3O5. The Balaban J connectivity index is 2.15. The molecule has 3 aliphatic heterocycles. The van der Waals surface area contributed by atoms with Crippen LogP contribution in [0.15, 0.2) is 25.3 Å². The molecule has 3 heterocycles. The van der Waals surface area contributed by atoms with Crippen molar-refractivity contribution in [2.24, 2.45) is 17.8 Å². The number of rotatable bonds is 15. The summed E-state index contributed by atoms with van der Waals surface area (Å²) in [5.74, 6) is -1.88. The van der Waals surface area contributed by atoms with Gasteiger partial charge in [0.25, 0.3) is 0 Å². The number of carbonyl (C=O) groups excluding carboxylic acids is 3. The standard InChI is InChI=1S/C30H48BrN3O5/c1-8-12-20(7)33(15-11-4)29(38)26-30-17-22(31)25(39-30)23(27(36)32(13-9-2)14-10-3)24(30)28(37)34(26)21(18-35)16-19(5)6/h9,11,19-26,35H,2,4,8,10,12-18H2,1,3,5-7H3/t20?,21-,22?,23+,24+,25+,26?,30?/m1/s1. The van der Waals surface area contributed by atoms with Crippen LogP contribution in [0.5, 0.6) is 0 Å². The second kappa shape index (κ2) is 13.3. The van der Waals surface area contributed by atoms with Crippen LogP contribution in [-0.2, 0) is 19.1 Å². The fraction of sp³-hybridized carbons (Fsp3) is 0.767. The molecule has 3 saturated heterocycles. The number of alkyl halides is 1. The molecule has 0 radical (unpaired) electrons. The van der Waals surface area contributed by atoms with Gasteiger partial charge in [-0.1, -0.05) is 62.2 Å². The Hall–Kier alpha value is -1.71. The molecule has 3 rings (SSSR count). The highest BCUT2D eigenvalue weighted by Crippen LogP contribution is 2.61. The van der Waals surface area contributed by atoms with Gasteiger partial charge >= 0.3 is 0 Å². The molecule has 0 aliphatic carbocycles. The predicted molar refractivity (Wildman–Crippen MR) is 156 cm³/mol. The van der Waals surface area contributed by atoms with Gasteiger partial charge in [0, 0.05) is 30.5 Å². The van der Waals surface area contributed by atoms with Crippen LogP contribution in [-0.4, -0.2) is 98.4 Å². The maximum Gasteiger partial charge on any atom is 0.248 e. The monoisotopic (exact) mass is 609 g/mol. The zero-order valence-corrected chi connectivity index (χ0v) is 25.9. The molecule has 39 heavy (non-hydrogen) atoms. The SMILES string of the molecule is C=CCN(CCC)C(=O)[C@H]1[C@H]2C(=O)N([C@@H](CO)CC(C)C)C(C(=O)N(CC=C)C(C)CCC)C23CC(Br)[C@@H]1O3. The summed E-state index contributed by atoms with van der Waals surface area (Å²) < 4.78 is 6.70. The van der Waals surface area contributed by atoms with E-state index in [1.165, 1.54) is 0 Å². The molecule has 3 amide bonds.